The molecule has 2 unspecified atom stereocenters. The second-order valence-corrected chi connectivity index (χ2v) is 25.7. The van der Waals surface area contributed by atoms with Crippen molar-refractivity contribution in [1.29, 1.82) is 0 Å². The van der Waals surface area contributed by atoms with Crippen LogP contribution in [0.2, 0.25) is 0 Å². The van der Waals surface area contributed by atoms with Crippen LogP contribution in [0.4, 0.5) is 0 Å². The number of hydrogen-bond acceptors (Lipinski definition) is 7. The van der Waals surface area contributed by atoms with Gasteiger partial charge in [0.15, 0.2) is 6.10 Å². The molecular formula is C67H131NO8P+. The Kier molecular flexibility index (Phi) is 58.0. The number of esters is 2. The number of carbonyl (C=O) groups excluding carboxylic acids is 2. The molecule has 10 heteroatoms. The van der Waals surface area contributed by atoms with Crippen molar-refractivity contribution in [2.75, 3.05) is 47.5 Å². The summed E-state index contributed by atoms with van der Waals surface area (Å²) in [4.78, 5) is 35.7. The lowest BCUT2D eigenvalue weighted by Crippen LogP contribution is -2.37. The molecule has 0 heterocycles. The topological polar surface area (TPSA) is 108 Å². The fourth-order valence-corrected chi connectivity index (χ4v) is 10.8. The summed E-state index contributed by atoms with van der Waals surface area (Å²) in [7, 11) is 1.48. The Bertz CT molecular complexity index is 1350. The molecule has 77 heavy (non-hydrogen) atoms. The summed E-state index contributed by atoms with van der Waals surface area (Å²) >= 11 is 0. The average molecular weight is 1110 g/mol. The van der Waals surface area contributed by atoms with Gasteiger partial charge in [-0.3, -0.25) is 18.6 Å². The van der Waals surface area contributed by atoms with Crippen molar-refractivity contribution in [3.05, 3.63) is 24.3 Å². The van der Waals surface area contributed by atoms with Crippen LogP contribution in [0.25, 0.3) is 0 Å². The largest absolute Gasteiger partial charge is 0.472 e. The first-order valence-electron chi connectivity index (χ1n) is 33.6. The van der Waals surface area contributed by atoms with Gasteiger partial charge < -0.3 is 18.9 Å². The van der Waals surface area contributed by atoms with Gasteiger partial charge in [0.1, 0.15) is 19.8 Å². The molecule has 2 atom stereocenters. The number of allylic oxidation sites excluding steroid dienone is 4. The summed E-state index contributed by atoms with van der Waals surface area (Å²) in [5.74, 6) is -0.799. The molecule has 0 aliphatic heterocycles. The van der Waals surface area contributed by atoms with E-state index in [4.69, 9.17) is 18.5 Å². The molecule has 0 bridgehead atoms. The van der Waals surface area contributed by atoms with Crippen LogP contribution in [0.15, 0.2) is 24.3 Å². The highest BCUT2D eigenvalue weighted by molar-refractivity contribution is 7.47. The van der Waals surface area contributed by atoms with E-state index in [1.807, 2.05) is 21.1 Å². The van der Waals surface area contributed by atoms with Crippen molar-refractivity contribution < 1.29 is 42.1 Å². The van der Waals surface area contributed by atoms with Gasteiger partial charge in [-0.05, 0) is 38.5 Å². The molecule has 0 aliphatic carbocycles. The smallest absolute Gasteiger partial charge is 0.462 e. The molecule has 1 N–H and O–H groups in total. The number of rotatable bonds is 63. The third kappa shape index (κ3) is 63.5. The van der Waals surface area contributed by atoms with Crippen LogP contribution in [0.3, 0.4) is 0 Å². The first kappa shape index (κ1) is 75.5. The van der Waals surface area contributed by atoms with Crippen LogP contribution in [0.1, 0.15) is 341 Å². The maximum Gasteiger partial charge on any atom is 0.472 e. The van der Waals surface area contributed by atoms with E-state index < -0.39 is 26.5 Å². The number of quaternary nitrogens is 1. The molecule has 456 valence electrons. The number of carbonyl (C=O) groups is 2. The highest BCUT2D eigenvalue weighted by atomic mass is 31.2. The monoisotopic (exact) mass is 1110 g/mol. The minimum absolute atomic E-state index is 0.0310. The van der Waals surface area contributed by atoms with Gasteiger partial charge in [-0.1, -0.05) is 314 Å². The first-order valence-corrected chi connectivity index (χ1v) is 35.1. The molecule has 0 amide bonds. The van der Waals surface area contributed by atoms with Crippen molar-refractivity contribution in [2.24, 2.45) is 0 Å². The van der Waals surface area contributed by atoms with E-state index in [0.29, 0.717) is 23.9 Å². The summed E-state index contributed by atoms with van der Waals surface area (Å²) < 4.78 is 34.6. The van der Waals surface area contributed by atoms with E-state index in [1.54, 1.807) is 0 Å². The van der Waals surface area contributed by atoms with Gasteiger partial charge in [0.2, 0.25) is 0 Å². The lowest BCUT2D eigenvalue weighted by molar-refractivity contribution is -0.870. The summed E-state index contributed by atoms with van der Waals surface area (Å²) in [6.07, 6.45) is 73.2. The molecule has 0 aromatic carbocycles. The molecule has 0 saturated heterocycles. The zero-order valence-electron chi connectivity index (χ0n) is 52.0. The second kappa shape index (κ2) is 59.1. The fourth-order valence-electron chi connectivity index (χ4n) is 10.0. The van der Waals surface area contributed by atoms with Crippen LogP contribution in [-0.4, -0.2) is 74.9 Å². The minimum atomic E-state index is -4.39. The van der Waals surface area contributed by atoms with E-state index in [0.717, 1.165) is 64.2 Å². The van der Waals surface area contributed by atoms with Gasteiger partial charge in [-0.25, -0.2) is 4.57 Å². The van der Waals surface area contributed by atoms with Crippen LogP contribution < -0.4 is 0 Å². The Morgan fingerprint density at radius 3 is 1.06 bits per heavy atom. The zero-order chi connectivity index (χ0) is 56.3. The fraction of sp³-hybridized carbons (Fsp3) is 0.910. The summed E-state index contributed by atoms with van der Waals surface area (Å²) in [5, 5.41) is 0. The molecule has 0 rings (SSSR count). The maximum absolute atomic E-state index is 12.8. The van der Waals surface area contributed by atoms with E-state index in [9.17, 15) is 19.0 Å². The molecule has 9 nitrogen and oxygen atoms in total. The van der Waals surface area contributed by atoms with Gasteiger partial charge in [0.25, 0.3) is 0 Å². The lowest BCUT2D eigenvalue weighted by atomic mass is 10.0. The predicted molar refractivity (Wildman–Crippen MR) is 331 cm³/mol. The summed E-state index contributed by atoms with van der Waals surface area (Å²) in [5.41, 5.74) is 0. The number of phosphoric acid groups is 1. The molecule has 0 fully saturated rings. The van der Waals surface area contributed by atoms with E-state index in [-0.39, 0.29) is 25.6 Å². The van der Waals surface area contributed by atoms with Crippen LogP contribution in [-0.2, 0) is 32.7 Å². The Balaban J connectivity index is 3.82. The SMILES string of the molecule is CCCC/C=C\C/C=C\CCCCCCCC(=O)OC(COC(=O)CCCCCCCCCCCCCCCCCCCCCCCCCCCCCCCCCCCCCCCCC)COP(=O)(O)OCC[N+](C)(C)C. The zero-order valence-corrected chi connectivity index (χ0v) is 52.9. The molecular weight excluding hydrogens is 978 g/mol. The van der Waals surface area contributed by atoms with E-state index >= 15 is 0 Å². The van der Waals surface area contributed by atoms with Crippen LogP contribution in [0.5, 0.6) is 0 Å². The molecule has 0 aliphatic rings. The molecule has 0 saturated carbocycles. The molecule has 0 aromatic rings. The third-order valence-corrected chi connectivity index (χ3v) is 16.2. The van der Waals surface area contributed by atoms with Gasteiger partial charge in [-0.2, -0.15) is 0 Å². The molecule has 0 aromatic heterocycles. The predicted octanol–water partition coefficient (Wildman–Crippen LogP) is 21.3. The number of ether oxygens (including phenoxy) is 2. The number of unbranched alkanes of at least 4 members (excludes halogenated alkanes) is 45. The van der Waals surface area contributed by atoms with Crippen molar-refractivity contribution in [3.63, 3.8) is 0 Å². The number of nitrogens with zero attached hydrogens (tertiary/aromatic N) is 1. The van der Waals surface area contributed by atoms with Crippen LogP contribution in [0, 0.1) is 0 Å². The third-order valence-electron chi connectivity index (χ3n) is 15.2. The van der Waals surface area contributed by atoms with Crippen molar-refractivity contribution in [2.45, 2.75) is 347 Å². The van der Waals surface area contributed by atoms with Crippen molar-refractivity contribution >= 4 is 19.8 Å². The second-order valence-electron chi connectivity index (χ2n) is 24.2. The quantitative estimate of drug-likeness (QED) is 0.0211. The molecule has 0 spiro atoms. The first-order chi connectivity index (χ1) is 37.5. The van der Waals surface area contributed by atoms with Gasteiger partial charge in [0, 0.05) is 12.8 Å². The standard InChI is InChI=1S/C67H130NO8P/c1-6-8-10-12-14-16-18-20-22-23-24-25-26-27-28-29-30-31-32-33-34-35-36-37-38-39-40-41-42-43-44-45-46-48-49-51-53-55-57-59-66(69)73-63-65(64-75-77(71,72)74-62-61-68(3,4)5)76-67(70)60-58-56-54-52-50-47-21-19-17-15-13-11-9-7-2/h13,15,19,21,65H,6-12,14,16-18,20,22-64H2,1-5H3/p+1/b15-13-,21-19-. The Labute approximate surface area is 479 Å². The van der Waals surface area contributed by atoms with Gasteiger partial charge in [-0.15, -0.1) is 0 Å². The maximum atomic E-state index is 12.8. The lowest BCUT2D eigenvalue weighted by Gasteiger charge is -2.24. The number of likely N-dealkylation sites (N-methyl/N-ethyl adjacent to an activating group) is 1. The summed E-state index contributed by atoms with van der Waals surface area (Å²) in [6, 6.07) is 0. The number of hydrogen-bond donors (Lipinski definition) is 1. The molecule has 0 radical (unpaired) electrons. The van der Waals surface area contributed by atoms with Crippen LogP contribution >= 0.6 is 7.82 Å². The minimum Gasteiger partial charge on any atom is -0.462 e. The highest BCUT2D eigenvalue weighted by Gasteiger charge is 2.27. The van der Waals surface area contributed by atoms with Gasteiger partial charge >= 0.3 is 19.8 Å². The van der Waals surface area contributed by atoms with Gasteiger partial charge in [0.05, 0.1) is 27.7 Å². The van der Waals surface area contributed by atoms with Crippen molar-refractivity contribution in [1.82, 2.24) is 0 Å². The van der Waals surface area contributed by atoms with Crippen molar-refractivity contribution in [3.8, 4) is 0 Å². The average Bonchev–Trinajstić information content (AvgIpc) is 3.39. The normalized spacial score (nSPS) is 13.3. The van der Waals surface area contributed by atoms with E-state index in [1.165, 1.54) is 244 Å². The Morgan fingerprint density at radius 2 is 0.714 bits per heavy atom. The highest BCUT2D eigenvalue weighted by Crippen LogP contribution is 2.43. The Morgan fingerprint density at radius 1 is 0.403 bits per heavy atom. The Hall–Kier alpha value is -1.51. The number of phosphoric ester groups is 1. The van der Waals surface area contributed by atoms with E-state index in [2.05, 4.69) is 38.2 Å². The summed E-state index contributed by atoms with van der Waals surface area (Å²) in [6.45, 7) is 4.42.